The SMILES string of the molecule is Fc1c2ccccc2c(F)c2nc3c(F)c4ccccc4c(F)c3nc12. The molecule has 1 aromatic heterocycles. The molecule has 0 fully saturated rings. The first-order valence-corrected chi connectivity index (χ1v) is 7.81. The summed E-state index contributed by atoms with van der Waals surface area (Å²) in [6, 6.07) is 11.8. The zero-order valence-corrected chi connectivity index (χ0v) is 13.0. The van der Waals surface area contributed by atoms with Crippen LogP contribution >= 0.6 is 0 Å². The molecule has 0 radical (unpaired) electrons. The predicted octanol–water partition coefficient (Wildman–Crippen LogP) is 5.65. The van der Waals surface area contributed by atoms with E-state index in [-0.39, 0.29) is 21.5 Å². The quantitative estimate of drug-likeness (QED) is 0.266. The Morgan fingerprint density at radius 1 is 0.423 bits per heavy atom. The van der Waals surface area contributed by atoms with E-state index >= 15 is 0 Å². The third kappa shape index (κ3) is 1.81. The van der Waals surface area contributed by atoms with E-state index in [0.29, 0.717) is 0 Å². The summed E-state index contributed by atoms with van der Waals surface area (Å²) < 4.78 is 59.3. The molecule has 0 aliphatic carbocycles. The third-order valence-electron chi connectivity index (χ3n) is 4.53. The van der Waals surface area contributed by atoms with Crippen LogP contribution in [0.3, 0.4) is 0 Å². The summed E-state index contributed by atoms with van der Waals surface area (Å²) in [6.07, 6.45) is 0. The highest BCUT2D eigenvalue weighted by Gasteiger charge is 2.21. The van der Waals surface area contributed by atoms with Gasteiger partial charge in [-0.15, -0.1) is 0 Å². The van der Waals surface area contributed by atoms with Crippen LogP contribution in [-0.4, -0.2) is 9.97 Å². The Morgan fingerprint density at radius 3 is 0.885 bits per heavy atom. The highest BCUT2D eigenvalue weighted by atomic mass is 19.1. The van der Waals surface area contributed by atoms with Gasteiger partial charge in [0.15, 0.2) is 23.3 Å². The van der Waals surface area contributed by atoms with Crippen LogP contribution in [0.5, 0.6) is 0 Å². The molecule has 126 valence electrons. The molecule has 6 heteroatoms. The molecule has 0 N–H and O–H groups in total. The second-order valence-electron chi connectivity index (χ2n) is 5.97. The second kappa shape index (κ2) is 5.11. The van der Waals surface area contributed by atoms with Gasteiger partial charge in [-0.05, 0) is 0 Å². The first-order valence-electron chi connectivity index (χ1n) is 7.81. The Morgan fingerprint density at radius 2 is 0.654 bits per heavy atom. The van der Waals surface area contributed by atoms with E-state index in [2.05, 4.69) is 9.97 Å². The number of aromatic nitrogens is 2. The van der Waals surface area contributed by atoms with Crippen molar-refractivity contribution < 1.29 is 17.6 Å². The van der Waals surface area contributed by atoms with E-state index in [1.807, 2.05) is 0 Å². The van der Waals surface area contributed by atoms with Gasteiger partial charge in [0.05, 0.1) is 0 Å². The Bertz CT molecular complexity index is 1170. The minimum Gasteiger partial charge on any atom is -0.238 e. The maximum Gasteiger partial charge on any atom is 0.159 e. The fourth-order valence-corrected chi connectivity index (χ4v) is 3.29. The number of fused-ring (bicyclic) bond motifs is 4. The molecule has 0 bridgehead atoms. The molecule has 5 aromatic rings. The van der Waals surface area contributed by atoms with Crippen molar-refractivity contribution in [2.45, 2.75) is 0 Å². The summed E-state index contributed by atoms with van der Waals surface area (Å²) in [5.41, 5.74) is -1.71. The van der Waals surface area contributed by atoms with E-state index in [9.17, 15) is 17.6 Å². The van der Waals surface area contributed by atoms with Gasteiger partial charge >= 0.3 is 0 Å². The number of hydrogen-bond donors (Lipinski definition) is 0. The summed E-state index contributed by atoms with van der Waals surface area (Å²) in [5.74, 6) is -3.28. The molecule has 0 saturated heterocycles. The van der Waals surface area contributed by atoms with E-state index in [1.165, 1.54) is 24.3 Å². The highest BCUT2D eigenvalue weighted by Crippen LogP contribution is 2.33. The lowest BCUT2D eigenvalue weighted by molar-refractivity contribution is 0.622. The minimum absolute atomic E-state index is 0.00724. The summed E-state index contributed by atoms with van der Waals surface area (Å²) in [7, 11) is 0. The van der Waals surface area contributed by atoms with Crippen LogP contribution in [0.1, 0.15) is 0 Å². The Labute approximate surface area is 143 Å². The van der Waals surface area contributed by atoms with Crippen LogP contribution in [0, 0.1) is 23.3 Å². The zero-order valence-electron chi connectivity index (χ0n) is 13.0. The van der Waals surface area contributed by atoms with Gasteiger partial charge in [-0.25, -0.2) is 27.5 Å². The third-order valence-corrected chi connectivity index (χ3v) is 4.53. The largest absolute Gasteiger partial charge is 0.238 e. The monoisotopic (exact) mass is 352 g/mol. The van der Waals surface area contributed by atoms with Crippen molar-refractivity contribution in [1.29, 1.82) is 0 Å². The van der Waals surface area contributed by atoms with Crippen molar-refractivity contribution in [3.8, 4) is 0 Å². The maximum atomic E-state index is 14.8. The fraction of sp³-hybridized carbons (Fsp3) is 0. The molecule has 26 heavy (non-hydrogen) atoms. The Hall–Kier alpha value is -3.28. The van der Waals surface area contributed by atoms with Crippen molar-refractivity contribution in [2.75, 3.05) is 0 Å². The topological polar surface area (TPSA) is 25.8 Å². The lowest BCUT2D eigenvalue weighted by Crippen LogP contribution is -2.00. The molecule has 0 aliphatic rings. The van der Waals surface area contributed by atoms with Crippen molar-refractivity contribution in [3.05, 3.63) is 71.8 Å². The molecule has 1 heterocycles. The summed E-state index contributed by atoms with van der Waals surface area (Å²) in [6.45, 7) is 0. The molecule has 2 nitrogen and oxygen atoms in total. The number of benzene rings is 4. The van der Waals surface area contributed by atoms with Crippen molar-refractivity contribution >= 4 is 43.6 Å². The molecule has 0 unspecified atom stereocenters. The molecular formula is C20H8F4N2. The summed E-state index contributed by atoms with van der Waals surface area (Å²) in [4.78, 5) is 7.81. The van der Waals surface area contributed by atoms with Gasteiger partial charge in [-0.2, -0.15) is 0 Å². The number of rotatable bonds is 0. The molecule has 0 saturated carbocycles. The van der Waals surface area contributed by atoms with Gasteiger partial charge in [-0.1, -0.05) is 48.5 Å². The van der Waals surface area contributed by atoms with Crippen LogP contribution in [-0.2, 0) is 0 Å². The molecule has 0 aliphatic heterocycles. The smallest absolute Gasteiger partial charge is 0.159 e. The molecular weight excluding hydrogens is 344 g/mol. The first-order chi connectivity index (χ1) is 12.6. The van der Waals surface area contributed by atoms with E-state index < -0.39 is 45.3 Å². The second-order valence-corrected chi connectivity index (χ2v) is 5.97. The number of hydrogen-bond acceptors (Lipinski definition) is 2. The number of halogens is 4. The Kier molecular flexibility index (Phi) is 2.95. The van der Waals surface area contributed by atoms with Gasteiger partial charge in [0.1, 0.15) is 22.1 Å². The summed E-state index contributed by atoms with van der Waals surface area (Å²) >= 11 is 0. The predicted molar refractivity (Wildman–Crippen MR) is 91.9 cm³/mol. The standard InChI is InChI=1S/C20H8F4N2/c21-13-9-5-1-2-6-10(9)14(22)18-17(13)25-19-15(23)11-7-3-4-8-12(11)16(24)20(19)26-18/h1-8H. The normalized spacial score (nSPS) is 11.8. The van der Waals surface area contributed by atoms with Gasteiger partial charge in [0, 0.05) is 21.5 Å². The average molecular weight is 352 g/mol. The Balaban J connectivity index is 2.08. The van der Waals surface area contributed by atoms with Crippen molar-refractivity contribution in [1.82, 2.24) is 9.97 Å². The lowest BCUT2D eigenvalue weighted by atomic mass is 10.1. The molecule has 0 spiro atoms. The van der Waals surface area contributed by atoms with Crippen LogP contribution in [0.2, 0.25) is 0 Å². The lowest BCUT2D eigenvalue weighted by Gasteiger charge is -2.10. The highest BCUT2D eigenvalue weighted by molar-refractivity contribution is 6.02. The van der Waals surface area contributed by atoms with E-state index in [4.69, 9.17) is 0 Å². The van der Waals surface area contributed by atoms with Gasteiger partial charge < -0.3 is 0 Å². The fourth-order valence-electron chi connectivity index (χ4n) is 3.29. The van der Waals surface area contributed by atoms with Crippen LogP contribution in [0.15, 0.2) is 48.5 Å². The minimum atomic E-state index is -0.820. The van der Waals surface area contributed by atoms with Crippen molar-refractivity contribution in [2.24, 2.45) is 0 Å². The first kappa shape index (κ1) is 15.0. The zero-order chi connectivity index (χ0) is 18.0. The van der Waals surface area contributed by atoms with Gasteiger partial charge in [-0.3, -0.25) is 0 Å². The summed E-state index contributed by atoms with van der Waals surface area (Å²) in [5, 5.41) is 0.0290. The van der Waals surface area contributed by atoms with Crippen LogP contribution in [0.4, 0.5) is 17.6 Å². The van der Waals surface area contributed by atoms with Gasteiger partial charge in [0.2, 0.25) is 0 Å². The van der Waals surface area contributed by atoms with Crippen LogP contribution in [0.25, 0.3) is 43.6 Å². The molecule has 4 aromatic carbocycles. The van der Waals surface area contributed by atoms with Gasteiger partial charge in [0.25, 0.3) is 0 Å². The number of nitrogens with zero attached hydrogens (tertiary/aromatic N) is 2. The molecule has 0 amide bonds. The average Bonchev–Trinajstić information content (AvgIpc) is 2.69. The van der Waals surface area contributed by atoms with Crippen LogP contribution < -0.4 is 0 Å². The van der Waals surface area contributed by atoms with E-state index in [1.54, 1.807) is 24.3 Å². The van der Waals surface area contributed by atoms with Crippen molar-refractivity contribution in [3.63, 3.8) is 0 Å². The van der Waals surface area contributed by atoms with E-state index in [0.717, 1.165) is 0 Å². The molecule has 5 rings (SSSR count). The maximum absolute atomic E-state index is 14.8. The molecule has 0 atom stereocenters.